The summed E-state index contributed by atoms with van der Waals surface area (Å²) < 4.78 is 0. The van der Waals surface area contributed by atoms with E-state index >= 15 is 0 Å². The van der Waals surface area contributed by atoms with Crippen molar-refractivity contribution in [1.29, 1.82) is 5.26 Å². The number of hydrogen-bond acceptors (Lipinski definition) is 3. The van der Waals surface area contributed by atoms with Gasteiger partial charge in [-0.2, -0.15) is 17.9 Å². The van der Waals surface area contributed by atoms with Gasteiger partial charge in [0.05, 0.1) is 0 Å². The Hall–Kier alpha value is -0.360. The summed E-state index contributed by atoms with van der Waals surface area (Å²) in [6, 6.07) is 0. The minimum atomic E-state index is 0.826. The number of thiol groups is 1. The highest BCUT2D eigenvalue weighted by molar-refractivity contribution is 7.79. The van der Waals surface area contributed by atoms with Gasteiger partial charge in [0, 0.05) is 13.1 Å². The fourth-order valence-electron chi connectivity index (χ4n) is 0.365. The molecule has 0 aliphatic heterocycles. The van der Waals surface area contributed by atoms with E-state index in [2.05, 4.69) is 12.6 Å². The molecule has 0 unspecified atom stereocenters. The maximum atomic E-state index is 8.20. The molecule has 0 saturated heterocycles. The molecule has 0 aromatic rings. The predicted molar refractivity (Wildman–Crippen MR) is 43.4 cm³/mol. The van der Waals surface area contributed by atoms with Crippen molar-refractivity contribution in [2.75, 3.05) is 19.3 Å². The second-order valence-corrected chi connectivity index (χ2v) is 1.27. The van der Waals surface area contributed by atoms with Crippen LogP contribution >= 0.6 is 12.6 Å². The molecule has 0 spiro atoms. The molecule has 0 heterocycles. The highest BCUT2D eigenvalue weighted by atomic mass is 32.1. The Morgan fingerprint density at radius 3 is 1.67 bits per heavy atom. The van der Waals surface area contributed by atoms with Crippen LogP contribution in [0.25, 0.3) is 0 Å². The van der Waals surface area contributed by atoms with E-state index < -0.39 is 0 Å². The van der Waals surface area contributed by atoms with Gasteiger partial charge >= 0.3 is 0 Å². The van der Waals surface area contributed by atoms with E-state index in [4.69, 9.17) is 5.26 Å². The molecule has 9 heavy (non-hydrogen) atoms. The first kappa shape index (κ1) is 11.4. The molecule has 0 aliphatic rings. The molecule has 0 fully saturated rings. The molecule has 3 heteroatoms. The average Bonchev–Trinajstić information content (AvgIpc) is 1.96. The Balaban J connectivity index is 0. The Kier molecular flexibility index (Phi) is 13.5. The van der Waals surface area contributed by atoms with Crippen molar-refractivity contribution in [3.63, 3.8) is 0 Å². The first-order valence-electron chi connectivity index (χ1n) is 2.94. The predicted octanol–water partition coefficient (Wildman–Crippen LogP) is 1.36. The standard InChI is InChI=1S/C5H10N2.CH4S/c1-3-7(4-2)5-6;1-2/h3-4H2,1-2H3;2H,1H3. The molecule has 0 atom stereocenters. The fourth-order valence-corrected chi connectivity index (χ4v) is 0.365. The summed E-state index contributed by atoms with van der Waals surface area (Å²) in [4.78, 5) is 1.68. The largest absolute Gasteiger partial charge is 0.311 e. The Morgan fingerprint density at radius 2 is 1.67 bits per heavy atom. The van der Waals surface area contributed by atoms with Crippen LogP contribution in [-0.2, 0) is 0 Å². The van der Waals surface area contributed by atoms with Gasteiger partial charge in [0.2, 0.25) is 0 Å². The topological polar surface area (TPSA) is 27.0 Å². The van der Waals surface area contributed by atoms with Crippen LogP contribution in [0, 0.1) is 11.5 Å². The van der Waals surface area contributed by atoms with Gasteiger partial charge in [-0.05, 0) is 20.1 Å². The maximum Gasteiger partial charge on any atom is 0.179 e. The third kappa shape index (κ3) is 7.64. The summed E-state index contributed by atoms with van der Waals surface area (Å²) in [6.07, 6.45) is 3.73. The molecular weight excluding hydrogens is 132 g/mol. The molecule has 0 aromatic heterocycles. The lowest BCUT2D eigenvalue weighted by Crippen LogP contribution is -2.15. The lowest BCUT2D eigenvalue weighted by Gasteiger charge is -2.06. The number of nitriles is 1. The van der Waals surface area contributed by atoms with E-state index in [0.717, 1.165) is 13.1 Å². The summed E-state index contributed by atoms with van der Waals surface area (Å²) in [6.45, 7) is 5.58. The maximum absolute atomic E-state index is 8.20. The van der Waals surface area contributed by atoms with Crippen LogP contribution in [0.2, 0.25) is 0 Å². The highest BCUT2D eigenvalue weighted by Gasteiger charge is 1.87. The van der Waals surface area contributed by atoms with Gasteiger partial charge < -0.3 is 4.90 Å². The van der Waals surface area contributed by atoms with Crippen LogP contribution in [0.5, 0.6) is 0 Å². The lowest BCUT2D eigenvalue weighted by molar-refractivity contribution is 0.436. The normalized spacial score (nSPS) is 6.56. The zero-order chi connectivity index (χ0) is 7.70. The van der Waals surface area contributed by atoms with Crippen molar-refractivity contribution in [3.8, 4) is 6.19 Å². The van der Waals surface area contributed by atoms with Crippen molar-refractivity contribution in [2.24, 2.45) is 0 Å². The monoisotopic (exact) mass is 146 g/mol. The Bertz CT molecular complexity index is 73.6. The first-order valence-corrected chi connectivity index (χ1v) is 3.84. The van der Waals surface area contributed by atoms with E-state index in [0.29, 0.717) is 0 Å². The zero-order valence-corrected chi connectivity index (χ0v) is 7.15. The molecule has 0 aromatic carbocycles. The van der Waals surface area contributed by atoms with Gasteiger partial charge in [-0.25, -0.2) is 0 Å². The van der Waals surface area contributed by atoms with Crippen LogP contribution < -0.4 is 0 Å². The van der Waals surface area contributed by atoms with Crippen LogP contribution in [0.1, 0.15) is 13.8 Å². The van der Waals surface area contributed by atoms with Gasteiger partial charge in [0.15, 0.2) is 6.19 Å². The van der Waals surface area contributed by atoms with E-state index in [1.54, 1.807) is 11.2 Å². The van der Waals surface area contributed by atoms with E-state index in [9.17, 15) is 0 Å². The second kappa shape index (κ2) is 10.6. The summed E-state index contributed by atoms with van der Waals surface area (Å²) in [5.74, 6) is 0. The third-order valence-electron chi connectivity index (χ3n) is 0.905. The third-order valence-corrected chi connectivity index (χ3v) is 0.905. The highest BCUT2D eigenvalue weighted by Crippen LogP contribution is 1.78. The van der Waals surface area contributed by atoms with Crippen molar-refractivity contribution in [2.45, 2.75) is 13.8 Å². The molecule has 2 nitrogen and oxygen atoms in total. The van der Waals surface area contributed by atoms with Gasteiger partial charge in [-0.3, -0.25) is 0 Å². The number of nitrogens with zero attached hydrogens (tertiary/aromatic N) is 2. The van der Waals surface area contributed by atoms with Crippen molar-refractivity contribution >= 4 is 12.6 Å². The van der Waals surface area contributed by atoms with Crippen molar-refractivity contribution in [3.05, 3.63) is 0 Å². The minimum Gasteiger partial charge on any atom is -0.311 e. The summed E-state index contributed by atoms with van der Waals surface area (Å²) in [5.41, 5.74) is 0. The minimum absolute atomic E-state index is 0.826. The fraction of sp³-hybridized carbons (Fsp3) is 0.833. The first-order chi connectivity index (χ1) is 4.35. The Morgan fingerprint density at radius 1 is 1.33 bits per heavy atom. The van der Waals surface area contributed by atoms with Crippen molar-refractivity contribution in [1.82, 2.24) is 4.90 Å². The molecule has 0 radical (unpaired) electrons. The van der Waals surface area contributed by atoms with Crippen LogP contribution in [0.4, 0.5) is 0 Å². The molecule has 0 rings (SSSR count). The molecular formula is C6H14N2S. The average molecular weight is 146 g/mol. The van der Waals surface area contributed by atoms with Gasteiger partial charge in [-0.1, -0.05) is 0 Å². The Labute approximate surface area is 62.9 Å². The van der Waals surface area contributed by atoms with E-state index in [1.165, 1.54) is 0 Å². The molecule has 0 saturated carbocycles. The van der Waals surface area contributed by atoms with Crippen LogP contribution in [0.15, 0.2) is 0 Å². The lowest BCUT2D eigenvalue weighted by atomic mass is 10.6. The van der Waals surface area contributed by atoms with E-state index in [-0.39, 0.29) is 0 Å². The molecule has 0 amide bonds. The summed E-state index contributed by atoms with van der Waals surface area (Å²) in [5, 5.41) is 8.20. The van der Waals surface area contributed by atoms with Gasteiger partial charge in [-0.15, -0.1) is 0 Å². The number of hydrogen-bond donors (Lipinski definition) is 1. The summed E-state index contributed by atoms with van der Waals surface area (Å²) >= 11 is 3.53. The smallest absolute Gasteiger partial charge is 0.179 e. The van der Waals surface area contributed by atoms with E-state index in [1.807, 2.05) is 20.0 Å². The molecule has 0 N–H and O–H groups in total. The quantitative estimate of drug-likeness (QED) is 0.362. The van der Waals surface area contributed by atoms with Gasteiger partial charge in [0.1, 0.15) is 0 Å². The van der Waals surface area contributed by atoms with Crippen LogP contribution in [-0.4, -0.2) is 24.2 Å². The second-order valence-electron chi connectivity index (χ2n) is 1.27. The zero-order valence-electron chi connectivity index (χ0n) is 6.26. The van der Waals surface area contributed by atoms with Gasteiger partial charge in [0.25, 0.3) is 0 Å². The molecule has 54 valence electrons. The number of rotatable bonds is 2. The molecule has 0 bridgehead atoms. The van der Waals surface area contributed by atoms with Crippen molar-refractivity contribution < 1.29 is 0 Å². The summed E-state index contributed by atoms with van der Waals surface area (Å²) in [7, 11) is 0. The molecule has 0 aliphatic carbocycles. The SMILES string of the molecule is CCN(C#N)CC.CS. The van der Waals surface area contributed by atoms with Crippen LogP contribution in [0.3, 0.4) is 0 Å².